The molecular formula is C21H25N3O3. The molecule has 0 spiro atoms. The van der Waals surface area contributed by atoms with Crippen LogP contribution < -0.4 is 10.1 Å². The monoisotopic (exact) mass is 367 g/mol. The van der Waals surface area contributed by atoms with Crippen LogP contribution in [-0.2, 0) is 22.6 Å². The number of nitrogens with zero attached hydrogens (tertiary/aromatic N) is 2. The molecule has 2 heterocycles. The van der Waals surface area contributed by atoms with Crippen LogP contribution in [0.5, 0.6) is 5.75 Å². The van der Waals surface area contributed by atoms with Gasteiger partial charge in [-0.25, -0.2) is 0 Å². The van der Waals surface area contributed by atoms with E-state index in [2.05, 4.69) is 10.3 Å². The molecule has 0 unspecified atom stereocenters. The van der Waals surface area contributed by atoms with E-state index in [-0.39, 0.29) is 17.7 Å². The van der Waals surface area contributed by atoms with Crippen LogP contribution in [0.15, 0.2) is 48.8 Å². The number of rotatable bonds is 7. The Morgan fingerprint density at radius 1 is 1.26 bits per heavy atom. The molecule has 1 N–H and O–H groups in total. The zero-order chi connectivity index (χ0) is 19.1. The highest BCUT2D eigenvalue weighted by atomic mass is 16.5. The van der Waals surface area contributed by atoms with Crippen LogP contribution in [0.4, 0.5) is 0 Å². The summed E-state index contributed by atoms with van der Waals surface area (Å²) in [6, 6.07) is 11.6. The van der Waals surface area contributed by atoms with Gasteiger partial charge in [0.15, 0.2) is 0 Å². The second kappa shape index (κ2) is 9.16. The fourth-order valence-corrected chi connectivity index (χ4v) is 3.24. The normalized spacial score (nSPS) is 16.9. The molecule has 3 rings (SSSR count). The summed E-state index contributed by atoms with van der Waals surface area (Å²) in [5.74, 6) is 0.786. The van der Waals surface area contributed by atoms with Gasteiger partial charge in [-0.15, -0.1) is 0 Å². The lowest BCUT2D eigenvalue weighted by Gasteiger charge is -2.32. The molecule has 1 aliphatic rings. The summed E-state index contributed by atoms with van der Waals surface area (Å²) in [6.07, 6.45) is 5.24. The molecule has 0 aliphatic carbocycles. The van der Waals surface area contributed by atoms with E-state index in [4.69, 9.17) is 4.74 Å². The topological polar surface area (TPSA) is 71.5 Å². The van der Waals surface area contributed by atoms with Gasteiger partial charge in [0.1, 0.15) is 5.75 Å². The fourth-order valence-electron chi connectivity index (χ4n) is 3.24. The van der Waals surface area contributed by atoms with Crippen molar-refractivity contribution in [3.63, 3.8) is 0 Å². The van der Waals surface area contributed by atoms with Gasteiger partial charge in [-0.1, -0.05) is 18.2 Å². The van der Waals surface area contributed by atoms with Crippen LogP contribution in [0.2, 0.25) is 0 Å². The molecule has 6 heteroatoms. The smallest absolute Gasteiger partial charge is 0.225 e. The van der Waals surface area contributed by atoms with E-state index in [9.17, 15) is 9.59 Å². The molecular weight excluding hydrogens is 342 g/mol. The first-order chi connectivity index (χ1) is 13.2. The first kappa shape index (κ1) is 18.9. The van der Waals surface area contributed by atoms with Crippen molar-refractivity contribution in [1.29, 1.82) is 0 Å². The fraction of sp³-hybridized carbons (Fsp3) is 0.381. The van der Waals surface area contributed by atoms with E-state index in [1.54, 1.807) is 19.5 Å². The van der Waals surface area contributed by atoms with Gasteiger partial charge in [-0.2, -0.15) is 0 Å². The third-order valence-corrected chi connectivity index (χ3v) is 4.89. The number of nitrogens with one attached hydrogen (secondary N) is 1. The SMILES string of the molecule is COc1ccc(CCN2C[C@H](C(=O)NCc3cccnc3)CCC2=O)cc1. The number of amides is 2. The van der Waals surface area contributed by atoms with Crippen LogP contribution in [0.25, 0.3) is 0 Å². The maximum atomic E-state index is 12.5. The molecule has 1 fully saturated rings. The van der Waals surface area contributed by atoms with Gasteiger partial charge < -0.3 is 15.0 Å². The zero-order valence-electron chi connectivity index (χ0n) is 15.6. The Labute approximate surface area is 159 Å². The lowest BCUT2D eigenvalue weighted by Crippen LogP contribution is -2.46. The van der Waals surface area contributed by atoms with Crippen molar-refractivity contribution in [3.8, 4) is 5.75 Å². The van der Waals surface area contributed by atoms with Crippen molar-refractivity contribution in [2.24, 2.45) is 5.92 Å². The Morgan fingerprint density at radius 2 is 2.07 bits per heavy atom. The summed E-state index contributed by atoms with van der Waals surface area (Å²) in [6.45, 7) is 1.56. The largest absolute Gasteiger partial charge is 0.497 e. The summed E-state index contributed by atoms with van der Waals surface area (Å²) in [5.41, 5.74) is 2.11. The van der Waals surface area contributed by atoms with Crippen LogP contribution in [-0.4, -0.2) is 41.9 Å². The Morgan fingerprint density at radius 3 is 2.78 bits per heavy atom. The number of likely N-dealkylation sites (tertiary alicyclic amines) is 1. The van der Waals surface area contributed by atoms with Crippen LogP contribution in [0.1, 0.15) is 24.0 Å². The lowest BCUT2D eigenvalue weighted by atomic mass is 9.96. The number of hydrogen-bond acceptors (Lipinski definition) is 4. The summed E-state index contributed by atoms with van der Waals surface area (Å²) in [7, 11) is 1.64. The molecule has 142 valence electrons. The molecule has 2 amide bonds. The first-order valence-corrected chi connectivity index (χ1v) is 9.23. The molecule has 6 nitrogen and oxygen atoms in total. The second-order valence-corrected chi connectivity index (χ2v) is 6.75. The highest BCUT2D eigenvalue weighted by Crippen LogP contribution is 2.19. The number of carbonyl (C=O) groups is 2. The van der Waals surface area contributed by atoms with Gasteiger partial charge in [0.05, 0.1) is 13.0 Å². The highest BCUT2D eigenvalue weighted by Gasteiger charge is 2.29. The molecule has 2 aromatic rings. The van der Waals surface area contributed by atoms with Crippen molar-refractivity contribution >= 4 is 11.8 Å². The average molecular weight is 367 g/mol. The Hall–Kier alpha value is -2.89. The third-order valence-electron chi connectivity index (χ3n) is 4.89. The van der Waals surface area contributed by atoms with Crippen molar-refractivity contribution in [1.82, 2.24) is 15.2 Å². The Kier molecular flexibility index (Phi) is 6.41. The molecule has 0 radical (unpaired) electrons. The van der Waals surface area contributed by atoms with E-state index in [0.717, 1.165) is 23.3 Å². The maximum absolute atomic E-state index is 12.5. The second-order valence-electron chi connectivity index (χ2n) is 6.75. The summed E-state index contributed by atoms with van der Waals surface area (Å²) in [4.78, 5) is 30.6. The van der Waals surface area contributed by atoms with E-state index >= 15 is 0 Å². The molecule has 1 aliphatic heterocycles. The van der Waals surface area contributed by atoms with Crippen molar-refractivity contribution in [3.05, 3.63) is 59.9 Å². The van der Waals surface area contributed by atoms with Gasteiger partial charge in [0.25, 0.3) is 0 Å². The maximum Gasteiger partial charge on any atom is 0.225 e. The average Bonchev–Trinajstić information content (AvgIpc) is 2.72. The first-order valence-electron chi connectivity index (χ1n) is 9.23. The summed E-state index contributed by atoms with van der Waals surface area (Å²) in [5, 5.41) is 2.96. The lowest BCUT2D eigenvalue weighted by molar-refractivity contribution is -0.138. The number of ether oxygens (including phenoxy) is 1. The highest BCUT2D eigenvalue weighted by molar-refractivity contribution is 5.83. The van der Waals surface area contributed by atoms with Crippen LogP contribution in [0.3, 0.4) is 0 Å². The van der Waals surface area contributed by atoms with Gasteiger partial charge in [-0.05, 0) is 42.2 Å². The van der Waals surface area contributed by atoms with E-state index < -0.39 is 0 Å². The minimum atomic E-state index is -0.157. The number of aromatic nitrogens is 1. The van der Waals surface area contributed by atoms with E-state index in [1.807, 2.05) is 41.3 Å². The quantitative estimate of drug-likeness (QED) is 0.814. The van der Waals surface area contributed by atoms with Crippen LogP contribution in [0, 0.1) is 5.92 Å². The summed E-state index contributed by atoms with van der Waals surface area (Å²) >= 11 is 0. The minimum Gasteiger partial charge on any atom is -0.497 e. The number of hydrogen-bond donors (Lipinski definition) is 1. The molecule has 1 saturated heterocycles. The number of pyridine rings is 1. The molecule has 1 atom stereocenters. The van der Waals surface area contributed by atoms with Crippen molar-refractivity contribution < 1.29 is 14.3 Å². The third kappa shape index (κ3) is 5.29. The van der Waals surface area contributed by atoms with Gasteiger partial charge in [0.2, 0.25) is 11.8 Å². The zero-order valence-corrected chi connectivity index (χ0v) is 15.6. The predicted octanol–water partition coefficient (Wildman–Crippen LogP) is 2.19. The Balaban J connectivity index is 1.50. The molecule has 0 bridgehead atoms. The van der Waals surface area contributed by atoms with Gasteiger partial charge >= 0.3 is 0 Å². The number of benzene rings is 1. The molecule has 1 aromatic carbocycles. The van der Waals surface area contributed by atoms with Gasteiger partial charge in [-0.3, -0.25) is 14.6 Å². The van der Waals surface area contributed by atoms with Crippen molar-refractivity contribution in [2.45, 2.75) is 25.8 Å². The van der Waals surface area contributed by atoms with Gasteiger partial charge in [0, 0.05) is 38.4 Å². The van der Waals surface area contributed by atoms with Crippen molar-refractivity contribution in [2.75, 3.05) is 20.2 Å². The van der Waals surface area contributed by atoms with E-state index in [0.29, 0.717) is 32.5 Å². The van der Waals surface area contributed by atoms with E-state index in [1.165, 1.54) is 0 Å². The number of piperidine rings is 1. The molecule has 27 heavy (non-hydrogen) atoms. The molecule has 1 aromatic heterocycles. The standard InChI is InChI=1S/C21H25N3O3/c1-27-19-7-4-16(5-8-19)10-12-24-15-18(6-9-20(24)25)21(26)23-14-17-3-2-11-22-13-17/h2-5,7-8,11,13,18H,6,9-10,12,14-15H2,1H3,(H,23,26)/t18-/m1/s1. The summed E-state index contributed by atoms with van der Waals surface area (Å²) < 4.78 is 5.16. The number of carbonyl (C=O) groups excluding carboxylic acids is 2. The minimum absolute atomic E-state index is 0.000741. The number of methoxy groups -OCH3 is 1. The predicted molar refractivity (Wildman–Crippen MR) is 102 cm³/mol. The molecule has 0 saturated carbocycles. The Bertz CT molecular complexity index is 762. The van der Waals surface area contributed by atoms with Crippen LogP contribution >= 0.6 is 0 Å².